The van der Waals surface area contributed by atoms with Crippen LogP contribution >= 0.6 is 0 Å². The van der Waals surface area contributed by atoms with Gasteiger partial charge in [0.1, 0.15) is 0 Å². The van der Waals surface area contributed by atoms with Crippen LogP contribution in [-0.4, -0.2) is 34.2 Å². The Hall–Kier alpha value is -1.11. The summed E-state index contributed by atoms with van der Waals surface area (Å²) in [6.45, 7) is 5.86. The third kappa shape index (κ3) is 5.65. The second-order valence-electron chi connectivity index (χ2n) is 5.75. The minimum absolute atomic E-state index is 0.114. The topological polar surface area (TPSA) is 67.4 Å². The zero-order chi connectivity index (χ0) is 15.3. The van der Waals surface area contributed by atoms with Crippen molar-refractivity contribution in [3.63, 3.8) is 0 Å². The normalized spacial score (nSPS) is 15.4. The summed E-state index contributed by atoms with van der Waals surface area (Å²) in [5.74, 6) is 0.781. The quantitative estimate of drug-likeness (QED) is 0.686. The first-order valence-electron chi connectivity index (χ1n) is 7.41. The predicted octanol–water partition coefficient (Wildman–Crippen LogP) is 2.21. The number of sulfonamides is 1. The molecule has 0 heterocycles. The Morgan fingerprint density at radius 3 is 2.48 bits per heavy atom. The van der Waals surface area contributed by atoms with Crippen molar-refractivity contribution >= 4 is 15.7 Å². The van der Waals surface area contributed by atoms with Crippen LogP contribution in [-0.2, 0) is 14.8 Å². The highest BCUT2D eigenvalue weighted by Crippen LogP contribution is 2.28. The zero-order valence-corrected chi connectivity index (χ0v) is 13.4. The maximum Gasteiger partial charge on any atom is 0.240 e. The van der Waals surface area contributed by atoms with Crippen LogP contribution in [0.15, 0.2) is 29.2 Å². The van der Waals surface area contributed by atoms with Crippen molar-refractivity contribution in [2.45, 2.75) is 37.6 Å². The highest BCUT2D eigenvalue weighted by molar-refractivity contribution is 7.89. The van der Waals surface area contributed by atoms with E-state index in [1.807, 2.05) is 0 Å². The van der Waals surface area contributed by atoms with Gasteiger partial charge >= 0.3 is 0 Å². The minimum atomic E-state index is -3.41. The van der Waals surface area contributed by atoms with Crippen molar-refractivity contribution in [3.05, 3.63) is 24.3 Å². The average Bonchev–Trinajstić information content (AvgIpc) is 3.21. The number of anilines is 1. The van der Waals surface area contributed by atoms with E-state index in [0.29, 0.717) is 6.61 Å². The lowest BCUT2D eigenvalue weighted by atomic mass is 10.3. The molecule has 0 saturated heterocycles. The Morgan fingerprint density at radius 2 is 1.90 bits per heavy atom. The Bertz CT molecular complexity index is 537. The van der Waals surface area contributed by atoms with Gasteiger partial charge in [0, 0.05) is 24.9 Å². The predicted molar refractivity (Wildman–Crippen MR) is 83.9 cm³/mol. The van der Waals surface area contributed by atoms with Gasteiger partial charge in [-0.15, -0.1) is 0 Å². The summed E-state index contributed by atoms with van der Waals surface area (Å²) < 4.78 is 32.0. The first kappa shape index (κ1) is 16.3. The SMILES string of the molecule is CC(C)NS(=O)(=O)c1ccc(NCCOCC2CC2)cc1. The molecule has 0 radical (unpaired) electrons. The highest BCUT2D eigenvalue weighted by atomic mass is 32.2. The minimum Gasteiger partial charge on any atom is -0.383 e. The molecule has 1 aromatic rings. The molecule has 5 nitrogen and oxygen atoms in total. The second kappa shape index (κ2) is 7.24. The number of hydrogen-bond acceptors (Lipinski definition) is 4. The average molecular weight is 312 g/mol. The van der Waals surface area contributed by atoms with Gasteiger partial charge in [0.2, 0.25) is 10.0 Å². The van der Waals surface area contributed by atoms with Crippen LogP contribution in [0.25, 0.3) is 0 Å². The molecular weight excluding hydrogens is 288 g/mol. The van der Waals surface area contributed by atoms with Crippen molar-refractivity contribution in [1.29, 1.82) is 0 Å². The number of ether oxygens (including phenoxy) is 1. The standard InChI is InChI=1S/C15H24N2O3S/c1-12(2)17-21(18,19)15-7-5-14(6-8-15)16-9-10-20-11-13-3-4-13/h5-8,12-13,16-17H,3-4,9-11H2,1-2H3. The molecule has 0 bridgehead atoms. The molecule has 6 heteroatoms. The Kier molecular flexibility index (Phi) is 5.61. The summed E-state index contributed by atoms with van der Waals surface area (Å²) in [6, 6.07) is 6.65. The molecule has 0 spiro atoms. The molecule has 2 N–H and O–H groups in total. The van der Waals surface area contributed by atoms with Crippen LogP contribution in [0.4, 0.5) is 5.69 Å². The van der Waals surface area contributed by atoms with E-state index in [1.54, 1.807) is 38.1 Å². The van der Waals surface area contributed by atoms with E-state index in [-0.39, 0.29) is 10.9 Å². The van der Waals surface area contributed by atoms with Gasteiger partial charge in [-0.25, -0.2) is 13.1 Å². The van der Waals surface area contributed by atoms with Gasteiger partial charge in [0.25, 0.3) is 0 Å². The Labute approximate surface area is 127 Å². The Balaban J connectivity index is 1.78. The summed E-state index contributed by atoms with van der Waals surface area (Å²) in [6.07, 6.45) is 2.60. The summed E-state index contributed by atoms with van der Waals surface area (Å²) >= 11 is 0. The maximum atomic E-state index is 12.0. The van der Waals surface area contributed by atoms with Crippen LogP contribution in [0.1, 0.15) is 26.7 Å². The number of hydrogen-bond donors (Lipinski definition) is 2. The fourth-order valence-electron chi connectivity index (χ4n) is 1.93. The third-order valence-corrected chi connectivity index (χ3v) is 4.86. The van der Waals surface area contributed by atoms with E-state index >= 15 is 0 Å². The summed E-state index contributed by atoms with van der Waals surface area (Å²) in [7, 11) is -3.41. The first-order valence-corrected chi connectivity index (χ1v) is 8.90. The summed E-state index contributed by atoms with van der Waals surface area (Å²) in [5.41, 5.74) is 0.897. The fraction of sp³-hybridized carbons (Fsp3) is 0.600. The highest BCUT2D eigenvalue weighted by Gasteiger charge is 2.20. The molecule has 0 aromatic heterocycles. The first-order chi connectivity index (χ1) is 9.97. The third-order valence-electron chi connectivity index (χ3n) is 3.18. The molecule has 1 aromatic carbocycles. The monoisotopic (exact) mass is 312 g/mol. The molecule has 1 aliphatic carbocycles. The fourth-order valence-corrected chi connectivity index (χ4v) is 3.18. The van der Waals surface area contributed by atoms with Crippen molar-refractivity contribution in [3.8, 4) is 0 Å². The van der Waals surface area contributed by atoms with E-state index < -0.39 is 10.0 Å². The summed E-state index contributed by atoms with van der Waals surface area (Å²) in [5, 5.41) is 3.22. The van der Waals surface area contributed by atoms with E-state index in [2.05, 4.69) is 10.0 Å². The molecule has 0 aliphatic heterocycles. The molecule has 0 atom stereocenters. The molecule has 21 heavy (non-hydrogen) atoms. The van der Waals surface area contributed by atoms with E-state index in [4.69, 9.17) is 4.74 Å². The van der Waals surface area contributed by atoms with Gasteiger partial charge in [-0.2, -0.15) is 0 Å². The van der Waals surface area contributed by atoms with Crippen LogP contribution in [0, 0.1) is 5.92 Å². The van der Waals surface area contributed by atoms with E-state index in [0.717, 1.165) is 24.8 Å². The van der Waals surface area contributed by atoms with Crippen LogP contribution in [0.5, 0.6) is 0 Å². The van der Waals surface area contributed by atoms with Crippen molar-refractivity contribution in [1.82, 2.24) is 4.72 Å². The lowest BCUT2D eigenvalue weighted by Crippen LogP contribution is -2.30. The smallest absolute Gasteiger partial charge is 0.240 e. The van der Waals surface area contributed by atoms with Gasteiger partial charge in [-0.05, 0) is 56.9 Å². The number of nitrogens with one attached hydrogen (secondary N) is 2. The van der Waals surface area contributed by atoms with Gasteiger partial charge in [-0.3, -0.25) is 0 Å². The zero-order valence-electron chi connectivity index (χ0n) is 12.6. The molecule has 1 saturated carbocycles. The Morgan fingerprint density at radius 1 is 1.24 bits per heavy atom. The molecule has 0 unspecified atom stereocenters. The van der Waals surface area contributed by atoms with Crippen molar-refractivity contribution in [2.75, 3.05) is 25.1 Å². The number of benzene rings is 1. The largest absolute Gasteiger partial charge is 0.383 e. The van der Waals surface area contributed by atoms with Gasteiger partial charge < -0.3 is 10.1 Å². The second-order valence-corrected chi connectivity index (χ2v) is 7.46. The van der Waals surface area contributed by atoms with Gasteiger partial charge in [0.05, 0.1) is 11.5 Å². The van der Waals surface area contributed by atoms with Crippen molar-refractivity contribution in [2.24, 2.45) is 5.92 Å². The maximum absolute atomic E-state index is 12.0. The summed E-state index contributed by atoms with van der Waals surface area (Å²) in [4.78, 5) is 0.284. The van der Waals surface area contributed by atoms with Crippen LogP contribution in [0.3, 0.4) is 0 Å². The lowest BCUT2D eigenvalue weighted by Gasteiger charge is -2.11. The molecular formula is C15H24N2O3S. The van der Waals surface area contributed by atoms with Crippen LogP contribution < -0.4 is 10.0 Å². The van der Waals surface area contributed by atoms with E-state index in [1.165, 1.54) is 12.8 Å². The lowest BCUT2D eigenvalue weighted by molar-refractivity contribution is 0.134. The molecule has 118 valence electrons. The molecule has 0 amide bonds. The van der Waals surface area contributed by atoms with Gasteiger partial charge in [-0.1, -0.05) is 0 Å². The molecule has 2 rings (SSSR count). The molecule has 1 aliphatic rings. The van der Waals surface area contributed by atoms with Crippen LogP contribution in [0.2, 0.25) is 0 Å². The molecule has 1 fully saturated rings. The number of rotatable bonds is 9. The van der Waals surface area contributed by atoms with E-state index in [9.17, 15) is 8.42 Å². The van der Waals surface area contributed by atoms with Gasteiger partial charge in [0.15, 0.2) is 0 Å². The van der Waals surface area contributed by atoms with Crippen molar-refractivity contribution < 1.29 is 13.2 Å².